The lowest BCUT2D eigenvalue weighted by molar-refractivity contribution is 0.127. The highest BCUT2D eigenvalue weighted by Crippen LogP contribution is 2.14. The van der Waals surface area contributed by atoms with Gasteiger partial charge in [0, 0.05) is 12.8 Å². The van der Waals surface area contributed by atoms with Gasteiger partial charge in [-0.2, -0.15) is 0 Å². The fourth-order valence-electron chi connectivity index (χ4n) is 1.77. The van der Waals surface area contributed by atoms with Gasteiger partial charge in [0.25, 0.3) is 0 Å². The monoisotopic (exact) mass is 289 g/mol. The zero-order valence-corrected chi connectivity index (χ0v) is 12.0. The van der Waals surface area contributed by atoms with Gasteiger partial charge in [-0.15, -0.1) is 0 Å². The van der Waals surface area contributed by atoms with Crippen LogP contribution in [0.4, 0.5) is 4.39 Å². The second-order valence-corrected chi connectivity index (χ2v) is 7.07. The van der Waals surface area contributed by atoms with Crippen molar-refractivity contribution in [2.45, 2.75) is 12.5 Å². The number of rotatable bonds is 7. The lowest BCUT2D eigenvalue weighted by Crippen LogP contribution is -2.26. The van der Waals surface area contributed by atoms with Gasteiger partial charge in [-0.25, -0.2) is 12.8 Å². The normalized spacial score (nSPS) is 13.7. The fourth-order valence-corrected chi connectivity index (χ4v) is 2.43. The maximum atomic E-state index is 12.7. The van der Waals surface area contributed by atoms with Crippen molar-refractivity contribution in [3.8, 4) is 0 Å². The molecule has 1 aromatic rings. The molecule has 0 aliphatic rings. The molecule has 1 N–H and O–H groups in total. The van der Waals surface area contributed by atoms with Gasteiger partial charge >= 0.3 is 0 Å². The molecule has 0 radical (unpaired) electrons. The van der Waals surface area contributed by atoms with Gasteiger partial charge in [-0.3, -0.25) is 0 Å². The molecule has 1 rings (SSSR count). The van der Waals surface area contributed by atoms with Crippen LogP contribution in [0.2, 0.25) is 0 Å². The van der Waals surface area contributed by atoms with E-state index in [0.717, 1.165) is 0 Å². The largest absolute Gasteiger partial charge is 0.387 e. The van der Waals surface area contributed by atoms with Crippen molar-refractivity contribution in [1.29, 1.82) is 0 Å². The van der Waals surface area contributed by atoms with Gasteiger partial charge in [-0.05, 0) is 37.7 Å². The third-order valence-electron chi connectivity index (χ3n) is 2.79. The van der Waals surface area contributed by atoms with E-state index in [4.69, 9.17) is 0 Å². The Kier molecular flexibility index (Phi) is 5.90. The third-order valence-corrected chi connectivity index (χ3v) is 3.82. The van der Waals surface area contributed by atoms with Crippen LogP contribution >= 0.6 is 0 Å². The first-order valence-electron chi connectivity index (χ1n) is 6.08. The van der Waals surface area contributed by atoms with Crippen LogP contribution in [0.25, 0.3) is 0 Å². The van der Waals surface area contributed by atoms with Crippen molar-refractivity contribution in [2.24, 2.45) is 0 Å². The average Bonchev–Trinajstić information content (AvgIpc) is 2.27. The second-order valence-electron chi connectivity index (χ2n) is 4.81. The summed E-state index contributed by atoms with van der Waals surface area (Å²) < 4.78 is 34.7. The zero-order chi connectivity index (χ0) is 14.5. The predicted octanol–water partition coefficient (Wildman–Crippen LogP) is 1.23. The Morgan fingerprint density at radius 3 is 2.42 bits per heavy atom. The summed E-state index contributed by atoms with van der Waals surface area (Å²) in [7, 11) is -1.12. The van der Waals surface area contributed by atoms with Crippen LogP contribution in [-0.4, -0.2) is 50.6 Å². The van der Waals surface area contributed by atoms with Crippen LogP contribution in [0.3, 0.4) is 0 Å². The van der Waals surface area contributed by atoms with E-state index in [9.17, 15) is 17.9 Å². The van der Waals surface area contributed by atoms with Crippen LogP contribution in [-0.2, 0) is 9.84 Å². The van der Waals surface area contributed by atoms with Crippen LogP contribution in [0.5, 0.6) is 0 Å². The standard InChI is InChI=1S/C13H20FNO3S/c1-15(8-3-9-19(2,17)18)10-13(16)11-4-6-12(14)7-5-11/h4-7,13,16H,3,8-10H2,1-2H3. The molecule has 1 aromatic carbocycles. The topological polar surface area (TPSA) is 57.6 Å². The number of likely N-dealkylation sites (N-methyl/N-ethyl adjacent to an activating group) is 1. The SMILES string of the molecule is CN(CCCS(C)(=O)=O)CC(O)c1ccc(F)cc1. The van der Waals surface area contributed by atoms with E-state index in [2.05, 4.69) is 0 Å². The van der Waals surface area contributed by atoms with Crippen molar-refractivity contribution in [2.75, 3.05) is 32.1 Å². The molecule has 0 aliphatic heterocycles. The van der Waals surface area contributed by atoms with E-state index < -0.39 is 15.9 Å². The Morgan fingerprint density at radius 2 is 1.89 bits per heavy atom. The molecule has 0 aromatic heterocycles. The minimum Gasteiger partial charge on any atom is -0.387 e. The average molecular weight is 289 g/mol. The Hall–Kier alpha value is -0.980. The van der Waals surface area contributed by atoms with Crippen molar-refractivity contribution < 1.29 is 17.9 Å². The van der Waals surface area contributed by atoms with Gasteiger partial charge in [0.15, 0.2) is 0 Å². The first kappa shape index (κ1) is 16.1. The summed E-state index contributed by atoms with van der Waals surface area (Å²) in [6, 6.07) is 5.71. The number of sulfone groups is 1. The molecular formula is C13H20FNO3S. The van der Waals surface area contributed by atoms with Crippen LogP contribution in [0.15, 0.2) is 24.3 Å². The maximum absolute atomic E-state index is 12.7. The smallest absolute Gasteiger partial charge is 0.147 e. The highest BCUT2D eigenvalue weighted by Gasteiger charge is 2.11. The van der Waals surface area contributed by atoms with E-state index >= 15 is 0 Å². The highest BCUT2D eigenvalue weighted by molar-refractivity contribution is 7.90. The van der Waals surface area contributed by atoms with Crippen LogP contribution in [0.1, 0.15) is 18.1 Å². The number of benzene rings is 1. The minimum absolute atomic E-state index is 0.143. The molecule has 4 nitrogen and oxygen atoms in total. The van der Waals surface area contributed by atoms with Crippen molar-refractivity contribution in [3.05, 3.63) is 35.6 Å². The Labute approximate surface area is 113 Å². The second kappa shape index (κ2) is 6.98. The quantitative estimate of drug-likeness (QED) is 0.820. The first-order valence-corrected chi connectivity index (χ1v) is 8.14. The number of halogens is 1. The predicted molar refractivity (Wildman–Crippen MR) is 73.2 cm³/mol. The van der Waals surface area contributed by atoms with Crippen molar-refractivity contribution in [1.82, 2.24) is 4.90 Å². The summed E-state index contributed by atoms with van der Waals surface area (Å²) in [5.74, 6) is -0.193. The first-order chi connectivity index (χ1) is 8.78. The number of aliphatic hydroxyl groups is 1. The van der Waals surface area contributed by atoms with Crippen LogP contribution in [0, 0.1) is 5.82 Å². The molecule has 0 spiro atoms. The van der Waals surface area contributed by atoms with Crippen LogP contribution < -0.4 is 0 Å². The van der Waals surface area contributed by atoms with E-state index in [0.29, 0.717) is 25.1 Å². The fraction of sp³-hybridized carbons (Fsp3) is 0.538. The van der Waals surface area contributed by atoms with Gasteiger partial charge in [-0.1, -0.05) is 12.1 Å². The van der Waals surface area contributed by atoms with Crippen molar-refractivity contribution >= 4 is 9.84 Å². The maximum Gasteiger partial charge on any atom is 0.147 e. The van der Waals surface area contributed by atoms with Crippen molar-refractivity contribution in [3.63, 3.8) is 0 Å². The Bertz CT molecular complexity index is 487. The Morgan fingerprint density at radius 1 is 1.32 bits per heavy atom. The zero-order valence-electron chi connectivity index (χ0n) is 11.2. The molecule has 0 heterocycles. The summed E-state index contributed by atoms with van der Waals surface area (Å²) in [6.45, 7) is 0.973. The number of aliphatic hydroxyl groups excluding tert-OH is 1. The lowest BCUT2D eigenvalue weighted by atomic mass is 10.1. The molecular weight excluding hydrogens is 269 g/mol. The van der Waals surface area contributed by atoms with Gasteiger partial charge in [0.1, 0.15) is 15.7 Å². The highest BCUT2D eigenvalue weighted by atomic mass is 32.2. The molecule has 108 valence electrons. The van der Waals surface area contributed by atoms with Gasteiger partial charge < -0.3 is 10.0 Å². The Balaban J connectivity index is 2.39. The number of nitrogens with zero attached hydrogens (tertiary/aromatic N) is 1. The molecule has 0 bridgehead atoms. The minimum atomic E-state index is -2.94. The van der Waals surface area contributed by atoms with E-state index in [1.54, 1.807) is 12.1 Å². The molecule has 0 fully saturated rings. The summed E-state index contributed by atoms with van der Waals surface area (Å²) >= 11 is 0. The molecule has 0 saturated heterocycles. The summed E-state index contributed by atoms with van der Waals surface area (Å²) in [5, 5.41) is 9.96. The van der Waals surface area contributed by atoms with E-state index in [1.807, 2.05) is 11.9 Å². The molecule has 0 amide bonds. The molecule has 1 unspecified atom stereocenters. The molecule has 0 aliphatic carbocycles. The third kappa shape index (κ3) is 6.66. The summed E-state index contributed by atoms with van der Waals surface area (Å²) in [4.78, 5) is 1.86. The van der Waals surface area contributed by atoms with Gasteiger partial charge in [0.2, 0.25) is 0 Å². The number of hydrogen-bond donors (Lipinski definition) is 1. The molecule has 19 heavy (non-hydrogen) atoms. The molecule has 0 saturated carbocycles. The molecule has 1 atom stereocenters. The van der Waals surface area contributed by atoms with E-state index in [1.165, 1.54) is 18.4 Å². The number of hydrogen-bond acceptors (Lipinski definition) is 4. The summed E-state index contributed by atoms with van der Waals surface area (Å²) in [6.07, 6.45) is 1.04. The summed E-state index contributed by atoms with van der Waals surface area (Å²) in [5.41, 5.74) is 0.649. The van der Waals surface area contributed by atoms with Gasteiger partial charge in [0.05, 0.1) is 11.9 Å². The van der Waals surface area contributed by atoms with E-state index in [-0.39, 0.29) is 11.6 Å². The lowest BCUT2D eigenvalue weighted by Gasteiger charge is -2.20. The molecule has 6 heteroatoms.